The van der Waals surface area contributed by atoms with Crippen LogP contribution >= 0.6 is 12.2 Å². The number of ether oxygens (including phenoxy) is 2. The predicted octanol–water partition coefficient (Wildman–Crippen LogP) is -0.803. The highest BCUT2D eigenvalue weighted by Gasteiger charge is 2.22. The second kappa shape index (κ2) is 6.90. The van der Waals surface area contributed by atoms with Crippen molar-refractivity contribution in [1.82, 2.24) is 5.32 Å². The fourth-order valence-corrected chi connectivity index (χ4v) is 2.69. The second-order valence-corrected chi connectivity index (χ2v) is 5.68. The number of thiocarbonyl (C=S) groups is 1. The molecule has 0 bridgehead atoms. The topological polar surface area (TPSA) is 84.9 Å². The third kappa shape index (κ3) is 5.97. The molecule has 0 saturated heterocycles. The minimum absolute atomic E-state index is 0.00247. The lowest BCUT2D eigenvalue weighted by Crippen LogP contribution is -2.36. The molecule has 0 spiro atoms. The van der Waals surface area contributed by atoms with Gasteiger partial charge in [-0.05, 0) is 18.3 Å². The minimum atomic E-state index is -3.08. The highest BCUT2D eigenvalue weighted by molar-refractivity contribution is 7.94. The molecule has 1 rings (SSSR count). The van der Waals surface area contributed by atoms with Gasteiger partial charge in [-0.1, -0.05) is 0 Å². The number of nitrogens with one attached hydrogen (secondary N) is 1. The molecule has 0 aromatic rings. The second-order valence-electron chi connectivity index (χ2n) is 3.38. The van der Waals surface area contributed by atoms with Crippen LogP contribution in [-0.4, -0.2) is 56.9 Å². The molecule has 8 heteroatoms. The van der Waals surface area contributed by atoms with Gasteiger partial charge in [-0.3, -0.25) is 0 Å². The van der Waals surface area contributed by atoms with Crippen molar-refractivity contribution in [3.05, 3.63) is 11.5 Å². The molecule has 1 aliphatic heterocycles. The molecule has 6 nitrogen and oxygen atoms in total. The van der Waals surface area contributed by atoms with Crippen molar-refractivity contribution in [3.8, 4) is 0 Å². The zero-order valence-corrected chi connectivity index (χ0v) is 10.8. The molecule has 0 aromatic heterocycles. The molecule has 1 atom stereocenters. The minimum Gasteiger partial charge on any atom is -0.469 e. The van der Waals surface area contributed by atoms with Gasteiger partial charge in [-0.15, -0.1) is 0 Å². The summed E-state index contributed by atoms with van der Waals surface area (Å²) >= 11 is 4.88. The van der Waals surface area contributed by atoms with E-state index in [1.54, 1.807) is 0 Å². The van der Waals surface area contributed by atoms with Crippen molar-refractivity contribution in [2.45, 2.75) is 6.04 Å². The van der Waals surface area contributed by atoms with Crippen molar-refractivity contribution in [2.75, 3.05) is 32.2 Å². The third-order valence-corrected chi connectivity index (χ3v) is 3.56. The summed E-state index contributed by atoms with van der Waals surface area (Å²) in [7, 11) is -3.08. The number of hydrogen-bond acceptors (Lipinski definition) is 6. The van der Waals surface area contributed by atoms with Gasteiger partial charge in [0, 0.05) is 5.41 Å². The van der Waals surface area contributed by atoms with Crippen LogP contribution in [0.4, 0.5) is 0 Å². The molecule has 2 N–H and O–H groups in total. The fraction of sp³-hybridized carbons (Fsp3) is 0.667. The van der Waals surface area contributed by atoms with Crippen LogP contribution in [0.2, 0.25) is 0 Å². The maximum absolute atomic E-state index is 11.1. The fourth-order valence-electron chi connectivity index (χ4n) is 1.22. The first-order chi connectivity index (χ1) is 8.03. The molecule has 0 saturated carbocycles. The molecule has 0 fully saturated rings. The first-order valence-electron chi connectivity index (χ1n) is 5.06. The Morgan fingerprint density at radius 2 is 2.24 bits per heavy atom. The molecule has 0 aromatic carbocycles. The van der Waals surface area contributed by atoms with Gasteiger partial charge in [-0.2, -0.15) is 0 Å². The Balaban J connectivity index is 2.12. The van der Waals surface area contributed by atoms with Crippen molar-refractivity contribution < 1.29 is 23.0 Å². The average molecular weight is 281 g/mol. The highest BCUT2D eigenvalue weighted by atomic mass is 32.2. The average Bonchev–Trinajstić information content (AvgIpc) is 2.57. The van der Waals surface area contributed by atoms with Gasteiger partial charge in [0.05, 0.1) is 31.6 Å². The van der Waals surface area contributed by atoms with Crippen LogP contribution in [0.15, 0.2) is 11.5 Å². The lowest BCUT2D eigenvalue weighted by Gasteiger charge is -2.13. The molecular formula is C9H15NO5S2. The van der Waals surface area contributed by atoms with Crippen LogP contribution in [0.1, 0.15) is 0 Å². The molecule has 17 heavy (non-hydrogen) atoms. The molecule has 98 valence electrons. The molecule has 0 radical (unpaired) electrons. The van der Waals surface area contributed by atoms with E-state index >= 15 is 0 Å². The Morgan fingerprint density at radius 1 is 1.47 bits per heavy atom. The van der Waals surface area contributed by atoms with E-state index in [1.807, 2.05) is 0 Å². The summed E-state index contributed by atoms with van der Waals surface area (Å²) < 4.78 is 32.3. The number of rotatable bonds is 6. The highest BCUT2D eigenvalue weighted by Crippen LogP contribution is 2.07. The van der Waals surface area contributed by atoms with E-state index in [-0.39, 0.29) is 36.8 Å². The first-order valence-corrected chi connectivity index (χ1v) is 7.19. The van der Waals surface area contributed by atoms with E-state index in [1.165, 1.54) is 6.08 Å². The van der Waals surface area contributed by atoms with Crippen molar-refractivity contribution in [3.63, 3.8) is 0 Å². The lowest BCUT2D eigenvalue weighted by molar-refractivity contribution is 0.0676. The standard InChI is InChI=1S/C9H15NO5S2/c11-2-3-14-4-5-15-9(16)10-8-1-6-17(12,13)7-8/h1,6,8,11H,2-5,7H2,(H,10,16)/t8-/m1/s1. The van der Waals surface area contributed by atoms with Crippen LogP contribution in [0.5, 0.6) is 0 Å². The SMILES string of the molecule is O=S1(=O)C=C[C@@H](NC(=S)OCCOCCO)C1. The summed E-state index contributed by atoms with van der Waals surface area (Å²) in [5.41, 5.74) is 0. The Hall–Kier alpha value is -0.700. The Kier molecular flexibility index (Phi) is 5.83. The largest absolute Gasteiger partial charge is 0.469 e. The molecule has 1 aliphatic rings. The van der Waals surface area contributed by atoms with E-state index in [4.69, 9.17) is 26.8 Å². The van der Waals surface area contributed by atoms with Crippen molar-refractivity contribution in [2.24, 2.45) is 0 Å². The summed E-state index contributed by atoms with van der Waals surface area (Å²) in [6.07, 6.45) is 1.53. The van der Waals surface area contributed by atoms with E-state index < -0.39 is 9.84 Å². The quantitative estimate of drug-likeness (QED) is 0.487. The summed E-state index contributed by atoms with van der Waals surface area (Å²) in [4.78, 5) is 0. The summed E-state index contributed by atoms with van der Waals surface area (Å²) in [6, 6.07) is -0.328. The predicted molar refractivity (Wildman–Crippen MR) is 66.3 cm³/mol. The van der Waals surface area contributed by atoms with Crippen LogP contribution in [0.25, 0.3) is 0 Å². The van der Waals surface area contributed by atoms with E-state index in [0.29, 0.717) is 6.61 Å². The van der Waals surface area contributed by atoms with E-state index in [0.717, 1.165) is 5.41 Å². The van der Waals surface area contributed by atoms with E-state index in [9.17, 15) is 8.42 Å². The van der Waals surface area contributed by atoms with Crippen molar-refractivity contribution >= 4 is 27.2 Å². The normalized spacial score (nSPS) is 21.4. The van der Waals surface area contributed by atoms with Gasteiger partial charge in [0.15, 0.2) is 9.84 Å². The molecular weight excluding hydrogens is 266 g/mol. The summed E-state index contributed by atoms with van der Waals surface area (Å²) in [5, 5.41) is 12.5. The summed E-state index contributed by atoms with van der Waals surface area (Å²) in [6.45, 7) is 0.802. The molecule has 1 heterocycles. The zero-order valence-electron chi connectivity index (χ0n) is 9.16. The van der Waals surface area contributed by atoms with Crippen LogP contribution < -0.4 is 5.32 Å². The lowest BCUT2D eigenvalue weighted by atomic mass is 10.3. The monoisotopic (exact) mass is 281 g/mol. The first kappa shape index (κ1) is 14.4. The molecule has 0 aliphatic carbocycles. The Labute approximate surface area is 106 Å². The Morgan fingerprint density at radius 3 is 2.82 bits per heavy atom. The van der Waals surface area contributed by atoms with E-state index in [2.05, 4.69) is 5.32 Å². The van der Waals surface area contributed by atoms with Crippen molar-refractivity contribution in [1.29, 1.82) is 0 Å². The number of aliphatic hydroxyl groups excluding tert-OH is 1. The third-order valence-electron chi connectivity index (χ3n) is 1.93. The molecule has 0 unspecified atom stereocenters. The molecule has 0 amide bonds. The smallest absolute Gasteiger partial charge is 0.257 e. The maximum Gasteiger partial charge on any atom is 0.257 e. The summed E-state index contributed by atoms with van der Waals surface area (Å²) in [5.74, 6) is -0.00247. The Bertz CT molecular complexity index is 379. The van der Waals surface area contributed by atoms with Gasteiger partial charge in [0.1, 0.15) is 6.61 Å². The number of hydrogen-bond donors (Lipinski definition) is 2. The maximum atomic E-state index is 11.1. The van der Waals surface area contributed by atoms with Gasteiger partial charge < -0.3 is 19.9 Å². The number of sulfone groups is 1. The van der Waals surface area contributed by atoms with Crippen LogP contribution in [-0.2, 0) is 19.3 Å². The van der Waals surface area contributed by atoms with Crippen LogP contribution in [0.3, 0.4) is 0 Å². The van der Waals surface area contributed by atoms with Gasteiger partial charge in [0.2, 0.25) is 0 Å². The van der Waals surface area contributed by atoms with Gasteiger partial charge in [0.25, 0.3) is 5.17 Å². The number of aliphatic hydroxyl groups is 1. The van der Waals surface area contributed by atoms with Gasteiger partial charge >= 0.3 is 0 Å². The zero-order chi connectivity index (χ0) is 12.7. The van der Waals surface area contributed by atoms with Crippen LogP contribution in [0, 0.1) is 0 Å². The van der Waals surface area contributed by atoms with Gasteiger partial charge in [-0.25, -0.2) is 8.42 Å².